The molecule has 1 aliphatic heterocycles. The van der Waals surface area contributed by atoms with Crippen LogP contribution in [0.5, 0.6) is 5.75 Å². The Morgan fingerprint density at radius 1 is 1.21 bits per heavy atom. The van der Waals surface area contributed by atoms with Crippen molar-refractivity contribution in [3.63, 3.8) is 0 Å². The monoisotopic (exact) mass is 471 g/mol. The molecular formula is C26H37N3O5. The van der Waals surface area contributed by atoms with Gasteiger partial charge in [-0.25, -0.2) is 4.98 Å². The first-order chi connectivity index (χ1) is 16.4. The van der Waals surface area contributed by atoms with Crippen molar-refractivity contribution in [2.24, 2.45) is 13.0 Å². The summed E-state index contributed by atoms with van der Waals surface area (Å²) in [5.41, 5.74) is 3.56. The maximum Gasteiger partial charge on any atom is 0.309 e. The molecule has 186 valence electrons. The van der Waals surface area contributed by atoms with Crippen molar-refractivity contribution in [1.29, 1.82) is 0 Å². The fraction of sp³-hybridized carbons (Fsp3) is 0.654. The van der Waals surface area contributed by atoms with E-state index in [4.69, 9.17) is 23.9 Å². The zero-order chi connectivity index (χ0) is 24.1. The summed E-state index contributed by atoms with van der Waals surface area (Å²) in [6, 6.07) is 3.93. The van der Waals surface area contributed by atoms with Crippen molar-refractivity contribution in [2.45, 2.75) is 90.8 Å². The molecule has 8 heteroatoms. The van der Waals surface area contributed by atoms with Crippen LogP contribution in [-0.4, -0.2) is 45.8 Å². The molecular weight excluding hydrogens is 434 g/mol. The van der Waals surface area contributed by atoms with Gasteiger partial charge in [-0.15, -0.1) is 0 Å². The Hall–Kier alpha value is -2.45. The molecule has 2 fully saturated rings. The van der Waals surface area contributed by atoms with Crippen molar-refractivity contribution < 1.29 is 23.7 Å². The minimum absolute atomic E-state index is 0.0114. The van der Waals surface area contributed by atoms with Crippen LogP contribution in [0.25, 0.3) is 11.3 Å². The summed E-state index contributed by atoms with van der Waals surface area (Å²) in [5.74, 6) is 0.544. The van der Waals surface area contributed by atoms with Gasteiger partial charge in [-0.2, -0.15) is 5.10 Å². The van der Waals surface area contributed by atoms with E-state index in [1.807, 2.05) is 50.8 Å². The molecule has 0 amide bonds. The van der Waals surface area contributed by atoms with Crippen LogP contribution in [0.15, 0.2) is 18.3 Å². The van der Waals surface area contributed by atoms with E-state index < -0.39 is 0 Å². The molecule has 2 aromatic rings. The number of esters is 1. The van der Waals surface area contributed by atoms with Gasteiger partial charge in [0.1, 0.15) is 5.75 Å². The van der Waals surface area contributed by atoms with Crippen LogP contribution in [-0.2, 0) is 32.7 Å². The van der Waals surface area contributed by atoms with Gasteiger partial charge in [0.05, 0.1) is 48.0 Å². The highest BCUT2D eigenvalue weighted by atomic mass is 16.7. The molecule has 3 atom stereocenters. The molecule has 1 unspecified atom stereocenters. The topological polar surface area (TPSA) is 84.7 Å². The van der Waals surface area contributed by atoms with Gasteiger partial charge >= 0.3 is 5.97 Å². The average Bonchev–Trinajstić information content (AvgIpc) is 3.19. The lowest BCUT2D eigenvalue weighted by Gasteiger charge is -2.29. The van der Waals surface area contributed by atoms with Crippen molar-refractivity contribution in [2.75, 3.05) is 6.61 Å². The molecule has 8 nitrogen and oxygen atoms in total. The van der Waals surface area contributed by atoms with E-state index in [0.717, 1.165) is 73.5 Å². The van der Waals surface area contributed by atoms with E-state index in [2.05, 4.69) is 5.10 Å². The highest BCUT2D eigenvalue weighted by Crippen LogP contribution is 2.32. The van der Waals surface area contributed by atoms with Crippen LogP contribution in [0.1, 0.15) is 70.2 Å². The Bertz CT molecular complexity index is 967. The predicted octanol–water partition coefficient (Wildman–Crippen LogP) is 4.72. The SMILES string of the molecule is Cc1nc(-c2cnn(C)c2COC2CCCCO2)ccc1O[C@H]1CCC[C@H](C(=O)OC(C)C)C1. The lowest BCUT2D eigenvalue weighted by atomic mass is 9.87. The standard InChI is InChI=1S/C26H37N3O5/c1-17(2)33-26(30)19-8-7-9-20(14-19)34-24-12-11-22(28-18(24)3)21-15-27-29(4)23(21)16-32-25-10-5-6-13-31-25/h11-12,15,17,19-20,25H,5-10,13-14,16H2,1-4H3/t19-,20-,25?/m0/s1. The molecule has 2 aliphatic rings. The molecule has 4 rings (SSSR count). The van der Waals surface area contributed by atoms with Crippen molar-refractivity contribution in [3.8, 4) is 17.0 Å². The van der Waals surface area contributed by atoms with Crippen molar-refractivity contribution in [3.05, 3.63) is 29.7 Å². The molecule has 3 heterocycles. The summed E-state index contributed by atoms with van der Waals surface area (Å²) >= 11 is 0. The molecule has 0 aromatic carbocycles. The third kappa shape index (κ3) is 6.16. The van der Waals surface area contributed by atoms with Gasteiger partial charge in [0, 0.05) is 19.2 Å². The van der Waals surface area contributed by atoms with Crippen LogP contribution in [0.2, 0.25) is 0 Å². The number of pyridine rings is 1. The molecule has 1 aliphatic carbocycles. The van der Waals surface area contributed by atoms with Gasteiger partial charge < -0.3 is 18.9 Å². The molecule has 0 spiro atoms. The third-order valence-electron chi connectivity index (χ3n) is 6.52. The Labute approximate surface area is 201 Å². The Kier molecular flexibility index (Phi) is 8.21. The Morgan fingerprint density at radius 3 is 2.79 bits per heavy atom. The van der Waals surface area contributed by atoms with E-state index in [9.17, 15) is 4.79 Å². The first-order valence-corrected chi connectivity index (χ1v) is 12.5. The van der Waals surface area contributed by atoms with Crippen molar-refractivity contribution >= 4 is 5.97 Å². The van der Waals surface area contributed by atoms with E-state index in [0.29, 0.717) is 13.0 Å². The van der Waals surface area contributed by atoms with E-state index >= 15 is 0 Å². The minimum atomic E-state index is -0.154. The molecule has 0 N–H and O–H groups in total. The lowest BCUT2D eigenvalue weighted by molar-refractivity contribution is -0.169. The number of nitrogens with zero attached hydrogens (tertiary/aromatic N) is 3. The number of carbonyl (C=O) groups excluding carboxylic acids is 1. The zero-order valence-corrected chi connectivity index (χ0v) is 20.8. The fourth-order valence-electron chi connectivity index (χ4n) is 4.66. The largest absolute Gasteiger partial charge is 0.489 e. The molecule has 0 radical (unpaired) electrons. The lowest BCUT2D eigenvalue weighted by Crippen LogP contribution is -2.31. The van der Waals surface area contributed by atoms with Gasteiger partial charge in [0.25, 0.3) is 0 Å². The van der Waals surface area contributed by atoms with Gasteiger partial charge in [-0.1, -0.05) is 0 Å². The second-order valence-electron chi connectivity index (χ2n) is 9.60. The summed E-state index contributed by atoms with van der Waals surface area (Å²) in [5, 5.41) is 4.43. The Balaban J connectivity index is 1.41. The highest BCUT2D eigenvalue weighted by Gasteiger charge is 2.30. The first kappa shape index (κ1) is 24.7. The van der Waals surface area contributed by atoms with Crippen LogP contribution in [0, 0.1) is 12.8 Å². The van der Waals surface area contributed by atoms with Crippen LogP contribution >= 0.6 is 0 Å². The number of aromatic nitrogens is 3. The predicted molar refractivity (Wildman–Crippen MR) is 127 cm³/mol. The summed E-state index contributed by atoms with van der Waals surface area (Å²) in [4.78, 5) is 17.2. The van der Waals surface area contributed by atoms with Gasteiger partial charge in [-0.05, 0) is 77.8 Å². The average molecular weight is 472 g/mol. The zero-order valence-electron chi connectivity index (χ0n) is 20.8. The van der Waals surface area contributed by atoms with Crippen molar-refractivity contribution in [1.82, 2.24) is 14.8 Å². The minimum Gasteiger partial charge on any atom is -0.489 e. The maximum atomic E-state index is 12.3. The number of hydrogen-bond acceptors (Lipinski definition) is 7. The molecule has 2 aromatic heterocycles. The number of rotatable bonds is 8. The highest BCUT2D eigenvalue weighted by molar-refractivity contribution is 5.72. The van der Waals surface area contributed by atoms with Gasteiger partial charge in [0.15, 0.2) is 6.29 Å². The summed E-state index contributed by atoms with van der Waals surface area (Å²) < 4.78 is 25.2. The number of carbonyl (C=O) groups is 1. The summed E-state index contributed by atoms with van der Waals surface area (Å²) in [6.07, 6.45) is 8.15. The Morgan fingerprint density at radius 2 is 2.06 bits per heavy atom. The maximum absolute atomic E-state index is 12.3. The van der Waals surface area contributed by atoms with E-state index in [-0.39, 0.29) is 30.4 Å². The quantitative estimate of drug-likeness (QED) is 0.515. The molecule has 34 heavy (non-hydrogen) atoms. The van der Waals surface area contributed by atoms with Gasteiger partial charge in [-0.3, -0.25) is 9.48 Å². The van der Waals surface area contributed by atoms with Crippen LogP contribution in [0.4, 0.5) is 0 Å². The summed E-state index contributed by atoms with van der Waals surface area (Å²) in [7, 11) is 1.91. The number of ether oxygens (including phenoxy) is 4. The van der Waals surface area contributed by atoms with E-state index in [1.165, 1.54) is 0 Å². The molecule has 0 bridgehead atoms. The second kappa shape index (κ2) is 11.3. The third-order valence-corrected chi connectivity index (χ3v) is 6.52. The molecule has 1 saturated carbocycles. The van der Waals surface area contributed by atoms with Crippen LogP contribution in [0.3, 0.4) is 0 Å². The number of hydrogen-bond donors (Lipinski definition) is 0. The fourth-order valence-corrected chi connectivity index (χ4v) is 4.66. The first-order valence-electron chi connectivity index (χ1n) is 12.5. The summed E-state index contributed by atoms with van der Waals surface area (Å²) in [6.45, 7) is 6.90. The number of aryl methyl sites for hydroxylation is 2. The normalized spacial score (nSPS) is 23.1. The molecule has 1 saturated heterocycles. The van der Waals surface area contributed by atoms with Gasteiger partial charge in [0.2, 0.25) is 0 Å². The van der Waals surface area contributed by atoms with E-state index in [1.54, 1.807) is 0 Å². The van der Waals surface area contributed by atoms with Crippen LogP contribution < -0.4 is 4.74 Å². The smallest absolute Gasteiger partial charge is 0.309 e. The second-order valence-corrected chi connectivity index (χ2v) is 9.60.